The van der Waals surface area contributed by atoms with Crippen LogP contribution in [0.25, 0.3) is 0 Å². The van der Waals surface area contributed by atoms with E-state index in [0.717, 1.165) is 37.7 Å². The first-order valence-corrected chi connectivity index (χ1v) is 10.0. The van der Waals surface area contributed by atoms with Crippen molar-refractivity contribution in [3.63, 3.8) is 0 Å². The van der Waals surface area contributed by atoms with Crippen LogP contribution in [0.1, 0.15) is 45.1 Å². The molecule has 1 heterocycles. The molecule has 1 aromatic rings. The topological polar surface area (TPSA) is 75.1 Å². The van der Waals surface area contributed by atoms with Crippen LogP contribution in [0.5, 0.6) is 5.75 Å². The quantitative estimate of drug-likeness (QED) is 0.332. The van der Waals surface area contributed by atoms with E-state index in [1.165, 1.54) is 5.56 Å². The Morgan fingerprint density at radius 2 is 2.07 bits per heavy atom. The van der Waals surface area contributed by atoms with E-state index in [-0.39, 0.29) is 12.0 Å². The van der Waals surface area contributed by atoms with Gasteiger partial charge in [0.15, 0.2) is 5.96 Å². The molecule has 1 aliphatic heterocycles. The number of hydrogen-bond acceptors (Lipinski definition) is 4. The molecule has 6 heteroatoms. The molecule has 27 heavy (non-hydrogen) atoms. The molecular formula is C21H35N3O3. The first-order chi connectivity index (χ1) is 13.1. The molecule has 1 fully saturated rings. The molecule has 152 valence electrons. The van der Waals surface area contributed by atoms with E-state index in [2.05, 4.69) is 36.6 Å². The van der Waals surface area contributed by atoms with Gasteiger partial charge >= 0.3 is 0 Å². The Bertz CT molecular complexity index is 567. The zero-order valence-corrected chi connectivity index (χ0v) is 17.0. The third kappa shape index (κ3) is 7.03. The Hall–Kier alpha value is -1.79. The number of hydrogen-bond donors (Lipinski definition) is 3. The van der Waals surface area contributed by atoms with Gasteiger partial charge in [0.2, 0.25) is 0 Å². The van der Waals surface area contributed by atoms with Crippen LogP contribution in [0, 0.1) is 5.41 Å². The molecule has 0 amide bonds. The lowest BCUT2D eigenvalue weighted by molar-refractivity contribution is 0.131. The predicted octanol–water partition coefficient (Wildman–Crippen LogP) is 2.53. The van der Waals surface area contributed by atoms with Crippen molar-refractivity contribution in [2.75, 3.05) is 46.1 Å². The summed E-state index contributed by atoms with van der Waals surface area (Å²) in [7, 11) is 0. The number of benzene rings is 1. The number of aliphatic imine (C=N–C) groups is 1. The minimum absolute atomic E-state index is 0.0360. The molecule has 0 aromatic heterocycles. The third-order valence-corrected chi connectivity index (χ3v) is 4.95. The van der Waals surface area contributed by atoms with Gasteiger partial charge in [0, 0.05) is 25.2 Å². The lowest BCUT2D eigenvalue weighted by atomic mass is 9.84. The number of aliphatic hydroxyl groups is 1. The second-order valence-electron chi connectivity index (χ2n) is 7.47. The molecule has 6 nitrogen and oxygen atoms in total. The summed E-state index contributed by atoms with van der Waals surface area (Å²) in [6.45, 7) is 10.7. The Kier molecular flexibility index (Phi) is 8.88. The molecule has 0 spiro atoms. The Morgan fingerprint density at radius 3 is 2.67 bits per heavy atom. The Balaban J connectivity index is 1.79. The van der Waals surface area contributed by atoms with Crippen molar-refractivity contribution >= 4 is 5.96 Å². The summed E-state index contributed by atoms with van der Waals surface area (Å²) < 4.78 is 11.3. The molecule has 1 unspecified atom stereocenters. The number of nitrogens with one attached hydrogen (secondary N) is 2. The fourth-order valence-corrected chi connectivity index (χ4v) is 3.16. The molecule has 3 N–H and O–H groups in total. The molecule has 1 aromatic carbocycles. The summed E-state index contributed by atoms with van der Waals surface area (Å²) in [5, 5.41) is 15.9. The van der Waals surface area contributed by atoms with E-state index in [4.69, 9.17) is 14.5 Å². The van der Waals surface area contributed by atoms with Gasteiger partial charge in [0.1, 0.15) is 12.4 Å². The van der Waals surface area contributed by atoms with Crippen molar-refractivity contribution in [2.24, 2.45) is 10.4 Å². The highest BCUT2D eigenvalue weighted by atomic mass is 16.5. The van der Waals surface area contributed by atoms with Crippen LogP contribution in [0.4, 0.5) is 0 Å². The van der Waals surface area contributed by atoms with Crippen LogP contribution in [0.2, 0.25) is 0 Å². The fraction of sp³-hybridized carbons (Fsp3) is 0.667. The number of ether oxygens (including phenoxy) is 2. The molecule has 1 aliphatic rings. The lowest BCUT2D eigenvalue weighted by Crippen LogP contribution is -2.40. The SMILES string of the molecule is CCNC(=NCC1(CCO)CCOC1)NCCOc1ccc(C(C)C)cc1. The molecule has 0 saturated carbocycles. The maximum Gasteiger partial charge on any atom is 0.191 e. The maximum absolute atomic E-state index is 9.34. The van der Waals surface area contributed by atoms with Crippen molar-refractivity contribution in [3.8, 4) is 5.75 Å². The van der Waals surface area contributed by atoms with Crippen molar-refractivity contribution in [1.29, 1.82) is 0 Å². The minimum atomic E-state index is -0.0360. The summed E-state index contributed by atoms with van der Waals surface area (Å²) in [6.07, 6.45) is 1.68. The fourth-order valence-electron chi connectivity index (χ4n) is 3.16. The van der Waals surface area contributed by atoms with E-state index >= 15 is 0 Å². The third-order valence-electron chi connectivity index (χ3n) is 4.95. The monoisotopic (exact) mass is 377 g/mol. The average molecular weight is 378 g/mol. The van der Waals surface area contributed by atoms with Crippen LogP contribution >= 0.6 is 0 Å². The number of nitrogens with zero attached hydrogens (tertiary/aromatic N) is 1. The van der Waals surface area contributed by atoms with Gasteiger partial charge < -0.3 is 25.2 Å². The van der Waals surface area contributed by atoms with Gasteiger partial charge in [-0.1, -0.05) is 26.0 Å². The van der Waals surface area contributed by atoms with Crippen molar-refractivity contribution in [2.45, 2.75) is 39.5 Å². The van der Waals surface area contributed by atoms with Crippen LogP contribution in [-0.4, -0.2) is 57.1 Å². The Morgan fingerprint density at radius 1 is 1.30 bits per heavy atom. The van der Waals surface area contributed by atoms with Crippen molar-refractivity contribution < 1.29 is 14.6 Å². The maximum atomic E-state index is 9.34. The van der Waals surface area contributed by atoms with Gasteiger partial charge in [-0.2, -0.15) is 0 Å². The van der Waals surface area contributed by atoms with Crippen LogP contribution < -0.4 is 15.4 Å². The summed E-state index contributed by atoms with van der Waals surface area (Å²) >= 11 is 0. The zero-order valence-electron chi connectivity index (χ0n) is 17.0. The molecule has 0 bridgehead atoms. The first kappa shape index (κ1) is 21.5. The second-order valence-corrected chi connectivity index (χ2v) is 7.47. The van der Waals surface area contributed by atoms with Gasteiger partial charge in [0.25, 0.3) is 0 Å². The van der Waals surface area contributed by atoms with E-state index in [1.54, 1.807) is 0 Å². The molecule has 1 atom stereocenters. The highest BCUT2D eigenvalue weighted by Gasteiger charge is 2.34. The predicted molar refractivity (Wildman–Crippen MR) is 110 cm³/mol. The van der Waals surface area contributed by atoms with E-state index in [9.17, 15) is 5.11 Å². The first-order valence-electron chi connectivity index (χ1n) is 10.0. The Labute approximate surface area is 163 Å². The summed E-state index contributed by atoms with van der Waals surface area (Å²) in [4.78, 5) is 4.71. The summed E-state index contributed by atoms with van der Waals surface area (Å²) in [5.74, 6) is 2.19. The van der Waals surface area contributed by atoms with E-state index < -0.39 is 0 Å². The second kappa shape index (κ2) is 11.1. The lowest BCUT2D eigenvalue weighted by Gasteiger charge is -2.24. The van der Waals surface area contributed by atoms with Gasteiger partial charge in [-0.25, -0.2) is 0 Å². The molecule has 0 aliphatic carbocycles. The smallest absolute Gasteiger partial charge is 0.191 e. The molecule has 1 saturated heterocycles. The van der Waals surface area contributed by atoms with Gasteiger partial charge in [0.05, 0.1) is 19.7 Å². The number of aliphatic hydroxyl groups excluding tert-OH is 1. The minimum Gasteiger partial charge on any atom is -0.492 e. The van der Waals surface area contributed by atoms with E-state index in [1.807, 2.05) is 19.1 Å². The van der Waals surface area contributed by atoms with Gasteiger partial charge in [-0.3, -0.25) is 4.99 Å². The summed E-state index contributed by atoms with van der Waals surface area (Å²) in [5.41, 5.74) is 1.28. The highest BCUT2D eigenvalue weighted by molar-refractivity contribution is 5.79. The molecule has 2 rings (SSSR count). The number of guanidine groups is 1. The van der Waals surface area contributed by atoms with Crippen molar-refractivity contribution in [3.05, 3.63) is 29.8 Å². The molecular weight excluding hydrogens is 342 g/mol. The number of rotatable bonds is 10. The normalized spacial score (nSPS) is 20.1. The van der Waals surface area contributed by atoms with Crippen LogP contribution in [0.15, 0.2) is 29.3 Å². The van der Waals surface area contributed by atoms with Gasteiger partial charge in [-0.15, -0.1) is 0 Å². The van der Waals surface area contributed by atoms with Crippen LogP contribution in [0.3, 0.4) is 0 Å². The average Bonchev–Trinajstić information content (AvgIpc) is 3.12. The van der Waals surface area contributed by atoms with E-state index in [0.29, 0.717) is 32.2 Å². The zero-order chi connectivity index (χ0) is 19.5. The van der Waals surface area contributed by atoms with Crippen LogP contribution in [-0.2, 0) is 4.74 Å². The highest BCUT2D eigenvalue weighted by Crippen LogP contribution is 2.32. The standard InChI is InChI=1S/C21H35N3O3/c1-4-22-20(24-15-21(9-12-25)10-13-26-16-21)23-11-14-27-19-7-5-18(6-8-19)17(2)3/h5-8,17,25H,4,9-16H2,1-3H3,(H2,22,23,24). The molecule has 0 radical (unpaired) electrons. The largest absolute Gasteiger partial charge is 0.492 e. The summed E-state index contributed by atoms with van der Waals surface area (Å²) in [6, 6.07) is 8.27. The van der Waals surface area contributed by atoms with Gasteiger partial charge in [-0.05, 0) is 43.4 Å². The van der Waals surface area contributed by atoms with Crippen molar-refractivity contribution in [1.82, 2.24) is 10.6 Å².